The summed E-state index contributed by atoms with van der Waals surface area (Å²) in [5, 5.41) is 0. The quantitative estimate of drug-likeness (QED) is 0.748. The van der Waals surface area contributed by atoms with E-state index in [2.05, 4.69) is 9.55 Å². The van der Waals surface area contributed by atoms with Gasteiger partial charge in [-0.05, 0) is 25.0 Å². The summed E-state index contributed by atoms with van der Waals surface area (Å²) in [4.78, 5) is 34.0. The summed E-state index contributed by atoms with van der Waals surface area (Å²) in [7, 11) is 0. The fourth-order valence-electron chi connectivity index (χ4n) is 4.88. The number of hydrogen-bond acceptors (Lipinski definition) is 5. The lowest BCUT2D eigenvalue weighted by Gasteiger charge is -2.46. The van der Waals surface area contributed by atoms with Crippen LogP contribution in [0, 0.1) is 0 Å². The largest absolute Gasteiger partial charge is 0.484 e. The van der Waals surface area contributed by atoms with Gasteiger partial charge in [-0.2, -0.15) is 0 Å². The number of imidazole rings is 1. The molecule has 2 fully saturated rings. The standard InChI is InChI=1S/C23H28N4O4/c28-20(17-30-18-6-2-1-3-7-18)25-13-8-23(9-14-25)22-24-10-15-27(22)16-19(31-23)21(29)26-11-4-5-12-26/h1-3,6-7,10,15,19H,4-5,8-9,11-14,16-17H2. The summed E-state index contributed by atoms with van der Waals surface area (Å²) in [6.07, 6.45) is 6.55. The van der Waals surface area contributed by atoms with E-state index in [0.29, 0.717) is 38.2 Å². The third kappa shape index (κ3) is 3.92. The zero-order valence-corrected chi connectivity index (χ0v) is 17.6. The van der Waals surface area contributed by atoms with Crippen LogP contribution in [-0.4, -0.2) is 70.1 Å². The Morgan fingerprint density at radius 2 is 1.81 bits per heavy atom. The van der Waals surface area contributed by atoms with E-state index in [-0.39, 0.29) is 18.4 Å². The van der Waals surface area contributed by atoms with Crippen molar-refractivity contribution in [3.05, 3.63) is 48.5 Å². The lowest BCUT2D eigenvalue weighted by atomic mass is 9.88. The number of amides is 2. The number of benzene rings is 1. The molecular weight excluding hydrogens is 396 g/mol. The Bertz CT molecular complexity index is 930. The Kier molecular flexibility index (Phi) is 5.40. The summed E-state index contributed by atoms with van der Waals surface area (Å²) in [5.41, 5.74) is -0.626. The van der Waals surface area contributed by atoms with Crippen molar-refractivity contribution in [3.63, 3.8) is 0 Å². The second-order valence-corrected chi connectivity index (χ2v) is 8.52. The highest BCUT2D eigenvalue weighted by molar-refractivity contribution is 5.81. The predicted molar refractivity (Wildman–Crippen MR) is 112 cm³/mol. The zero-order chi connectivity index (χ0) is 21.3. The second-order valence-electron chi connectivity index (χ2n) is 8.52. The number of carbonyl (C=O) groups is 2. The molecule has 8 heteroatoms. The zero-order valence-electron chi connectivity index (χ0n) is 17.6. The van der Waals surface area contributed by atoms with Gasteiger partial charge in [0, 0.05) is 51.4 Å². The summed E-state index contributed by atoms with van der Waals surface area (Å²) < 4.78 is 14.2. The molecule has 1 atom stereocenters. The van der Waals surface area contributed by atoms with Crippen LogP contribution in [0.1, 0.15) is 31.5 Å². The number of fused-ring (bicyclic) bond motifs is 2. The van der Waals surface area contributed by atoms with Gasteiger partial charge in [0.2, 0.25) is 0 Å². The van der Waals surface area contributed by atoms with Gasteiger partial charge < -0.3 is 23.8 Å². The molecule has 3 aliphatic rings. The molecule has 164 valence electrons. The summed E-state index contributed by atoms with van der Waals surface area (Å²) >= 11 is 0. The van der Waals surface area contributed by atoms with Crippen LogP contribution >= 0.6 is 0 Å². The van der Waals surface area contributed by atoms with Crippen LogP contribution in [-0.2, 0) is 26.5 Å². The number of nitrogens with zero attached hydrogens (tertiary/aromatic N) is 4. The molecule has 0 aliphatic carbocycles. The third-order valence-electron chi connectivity index (χ3n) is 6.58. The molecule has 2 saturated heterocycles. The first kappa shape index (κ1) is 20.1. The molecule has 1 aromatic carbocycles. The maximum atomic E-state index is 13.0. The number of para-hydroxylation sites is 1. The molecule has 5 rings (SSSR count). The maximum absolute atomic E-state index is 13.0. The number of hydrogen-bond donors (Lipinski definition) is 0. The molecular formula is C23H28N4O4. The van der Waals surface area contributed by atoms with Crippen LogP contribution in [0.5, 0.6) is 5.75 Å². The minimum Gasteiger partial charge on any atom is -0.484 e. The van der Waals surface area contributed by atoms with Crippen LogP contribution in [0.4, 0.5) is 0 Å². The third-order valence-corrected chi connectivity index (χ3v) is 6.58. The smallest absolute Gasteiger partial charge is 0.260 e. The van der Waals surface area contributed by atoms with Gasteiger partial charge in [0.1, 0.15) is 17.2 Å². The van der Waals surface area contributed by atoms with Crippen molar-refractivity contribution < 1.29 is 19.1 Å². The SMILES string of the molecule is O=C(COc1ccccc1)N1CCC2(CC1)OC(C(=O)N1CCCC1)Cn1ccnc12. The number of ether oxygens (including phenoxy) is 2. The predicted octanol–water partition coefficient (Wildman–Crippen LogP) is 1.80. The fraction of sp³-hybridized carbons (Fsp3) is 0.522. The Hall–Kier alpha value is -2.87. The van der Waals surface area contributed by atoms with E-state index in [4.69, 9.17) is 9.47 Å². The van der Waals surface area contributed by atoms with Gasteiger partial charge in [-0.15, -0.1) is 0 Å². The minimum absolute atomic E-state index is 0.0164. The molecule has 0 N–H and O–H groups in total. The van der Waals surface area contributed by atoms with Crippen LogP contribution in [0.2, 0.25) is 0 Å². The van der Waals surface area contributed by atoms with Gasteiger partial charge in [-0.25, -0.2) is 4.98 Å². The lowest BCUT2D eigenvalue weighted by Crippen LogP contribution is -2.55. The highest BCUT2D eigenvalue weighted by Crippen LogP contribution is 2.40. The highest BCUT2D eigenvalue weighted by Gasteiger charge is 2.48. The Morgan fingerprint density at radius 3 is 2.55 bits per heavy atom. The van der Waals surface area contributed by atoms with Gasteiger partial charge in [-0.3, -0.25) is 9.59 Å². The van der Waals surface area contributed by atoms with Gasteiger partial charge >= 0.3 is 0 Å². The van der Waals surface area contributed by atoms with E-state index < -0.39 is 11.7 Å². The van der Waals surface area contributed by atoms with E-state index in [1.165, 1.54) is 0 Å². The van der Waals surface area contributed by atoms with Crippen molar-refractivity contribution in [1.82, 2.24) is 19.4 Å². The van der Waals surface area contributed by atoms with Crippen molar-refractivity contribution in [2.24, 2.45) is 0 Å². The van der Waals surface area contributed by atoms with Gasteiger partial charge in [0.05, 0.1) is 6.54 Å². The fourth-order valence-corrected chi connectivity index (χ4v) is 4.88. The first-order valence-corrected chi connectivity index (χ1v) is 11.1. The average molecular weight is 425 g/mol. The number of piperidine rings is 1. The minimum atomic E-state index is -0.626. The van der Waals surface area contributed by atoms with Crippen LogP contribution in [0.15, 0.2) is 42.7 Å². The van der Waals surface area contributed by atoms with E-state index in [0.717, 1.165) is 31.8 Å². The van der Waals surface area contributed by atoms with Crippen LogP contribution in [0.25, 0.3) is 0 Å². The molecule has 1 spiro atoms. The molecule has 3 aliphatic heterocycles. The monoisotopic (exact) mass is 424 g/mol. The molecule has 8 nitrogen and oxygen atoms in total. The van der Waals surface area contributed by atoms with Crippen molar-refractivity contribution in [1.29, 1.82) is 0 Å². The van der Waals surface area contributed by atoms with E-state index in [1.54, 1.807) is 6.20 Å². The van der Waals surface area contributed by atoms with Crippen molar-refractivity contribution in [2.45, 2.75) is 43.9 Å². The average Bonchev–Trinajstić information content (AvgIpc) is 3.51. The number of likely N-dealkylation sites (tertiary alicyclic amines) is 2. The van der Waals surface area contributed by atoms with Gasteiger partial charge in [0.25, 0.3) is 11.8 Å². The van der Waals surface area contributed by atoms with Crippen LogP contribution < -0.4 is 4.74 Å². The molecule has 2 aromatic rings. The molecule has 1 unspecified atom stereocenters. The number of rotatable bonds is 4. The summed E-state index contributed by atoms with van der Waals surface area (Å²) in [6.45, 7) is 3.24. The van der Waals surface area contributed by atoms with Crippen molar-refractivity contribution in [2.75, 3.05) is 32.8 Å². The number of carbonyl (C=O) groups excluding carboxylic acids is 2. The highest BCUT2D eigenvalue weighted by atomic mass is 16.5. The molecule has 0 saturated carbocycles. The number of aromatic nitrogens is 2. The topological polar surface area (TPSA) is 76.9 Å². The Labute approximate surface area is 181 Å². The molecule has 0 radical (unpaired) electrons. The first-order valence-electron chi connectivity index (χ1n) is 11.1. The maximum Gasteiger partial charge on any atom is 0.260 e. The van der Waals surface area contributed by atoms with Crippen molar-refractivity contribution in [3.8, 4) is 5.75 Å². The normalized spacial score (nSPS) is 22.4. The first-order chi connectivity index (χ1) is 15.1. The Morgan fingerprint density at radius 1 is 1.06 bits per heavy atom. The van der Waals surface area contributed by atoms with Gasteiger partial charge in [-0.1, -0.05) is 18.2 Å². The molecule has 2 amide bonds. The van der Waals surface area contributed by atoms with E-state index >= 15 is 0 Å². The molecule has 4 heterocycles. The Balaban J connectivity index is 1.25. The molecule has 0 bridgehead atoms. The van der Waals surface area contributed by atoms with Crippen LogP contribution in [0.3, 0.4) is 0 Å². The lowest BCUT2D eigenvalue weighted by molar-refractivity contribution is -0.182. The summed E-state index contributed by atoms with van der Waals surface area (Å²) in [5.74, 6) is 1.59. The van der Waals surface area contributed by atoms with Gasteiger partial charge in [0.15, 0.2) is 12.7 Å². The van der Waals surface area contributed by atoms with E-state index in [9.17, 15) is 9.59 Å². The summed E-state index contributed by atoms with van der Waals surface area (Å²) in [6, 6.07) is 9.35. The van der Waals surface area contributed by atoms with E-state index in [1.807, 2.05) is 46.3 Å². The van der Waals surface area contributed by atoms with Crippen molar-refractivity contribution >= 4 is 11.8 Å². The molecule has 1 aromatic heterocycles. The second kappa shape index (κ2) is 8.34. The molecule has 31 heavy (non-hydrogen) atoms.